The molecule has 0 heterocycles. The maximum Gasteiger partial charge on any atom is 0.323 e. The highest BCUT2D eigenvalue weighted by Crippen LogP contribution is 2.24. The van der Waals surface area contributed by atoms with Crippen molar-refractivity contribution in [3.8, 4) is 0 Å². The van der Waals surface area contributed by atoms with E-state index in [-0.39, 0.29) is 4.90 Å². The first-order valence-electron chi connectivity index (χ1n) is 8.35. The number of sulfonamides is 1. The Morgan fingerprint density at radius 2 is 1.46 bits per heavy atom. The predicted molar refractivity (Wildman–Crippen MR) is 113 cm³/mol. The first-order valence-corrected chi connectivity index (χ1v) is 10.2. The summed E-state index contributed by atoms with van der Waals surface area (Å²) in [7, 11) is -3.78. The lowest BCUT2D eigenvalue weighted by molar-refractivity contribution is 0.262. The van der Waals surface area contributed by atoms with Crippen LogP contribution in [0, 0.1) is 6.92 Å². The smallest absolute Gasteiger partial charge is 0.308 e. The summed E-state index contributed by atoms with van der Waals surface area (Å²) in [5, 5.41) is 5.78. The molecule has 0 spiro atoms. The number of aryl methyl sites for hydroxylation is 1. The number of rotatable bonds is 5. The van der Waals surface area contributed by atoms with Crippen LogP contribution in [0.1, 0.15) is 5.56 Å². The van der Waals surface area contributed by atoms with Crippen LogP contribution in [0.15, 0.2) is 77.7 Å². The van der Waals surface area contributed by atoms with Crippen LogP contribution in [-0.2, 0) is 10.0 Å². The van der Waals surface area contributed by atoms with Crippen molar-refractivity contribution in [2.75, 3.05) is 15.4 Å². The van der Waals surface area contributed by atoms with E-state index in [1.807, 2.05) is 18.2 Å². The highest BCUT2D eigenvalue weighted by atomic mass is 35.5. The number of anilines is 3. The summed E-state index contributed by atoms with van der Waals surface area (Å²) in [6.07, 6.45) is 0. The van der Waals surface area contributed by atoms with Gasteiger partial charge in [0, 0.05) is 16.4 Å². The summed E-state index contributed by atoms with van der Waals surface area (Å²) >= 11 is 5.94. The molecular weight excluding hydrogens is 398 g/mol. The number of nitrogens with one attached hydrogen (secondary N) is 3. The Kier molecular flexibility index (Phi) is 5.87. The molecule has 2 amide bonds. The zero-order valence-electron chi connectivity index (χ0n) is 14.9. The second kappa shape index (κ2) is 8.33. The van der Waals surface area contributed by atoms with E-state index in [1.165, 1.54) is 24.3 Å². The molecule has 0 aliphatic rings. The molecule has 3 N–H and O–H groups in total. The van der Waals surface area contributed by atoms with E-state index in [9.17, 15) is 13.2 Å². The fourth-order valence-corrected chi connectivity index (χ4v) is 3.73. The molecule has 0 saturated heterocycles. The van der Waals surface area contributed by atoms with Gasteiger partial charge in [-0.05, 0) is 61.0 Å². The van der Waals surface area contributed by atoms with Gasteiger partial charge in [-0.15, -0.1) is 0 Å². The molecule has 144 valence electrons. The molecule has 0 aromatic heterocycles. The Labute approximate surface area is 168 Å². The number of carbonyl (C=O) groups excluding carboxylic acids is 1. The van der Waals surface area contributed by atoms with Gasteiger partial charge in [0.25, 0.3) is 10.0 Å². The second-order valence-electron chi connectivity index (χ2n) is 6.03. The van der Waals surface area contributed by atoms with E-state index >= 15 is 0 Å². The molecule has 0 unspecified atom stereocenters. The number of carbonyl (C=O) groups is 1. The van der Waals surface area contributed by atoms with E-state index in [2.05, 4.69) is 15.4 Å². The molecular formula is C20H18ClN3O3S. The fraction of sp³-hybridized carbons (Fsp3) is 0.0500. The summed E-state index contributed by atoms with van der Waals surface area (Å²) < 4.78 is 27.7. The molecule has 0 atom stereocenters. The van der Waals surface area contributed by atoms with Gasteiger partial charge in [0.2, 0.25) is 0 Å². The standard InChI is InChI=1S/C20H18ClN3O3S/c1-14-7-8-15(21)13-19(14)24-28(26,27)18-11-9-17(10-12-18)23-20(25)22-16-5-3-2-4-6-16/h2-13,24H,1H3,(H2,22,23,25). The summed E-state index contributed by atoms with van der Waals surface area (Å²) in [4.78, 5) is 12.1. The minimum absolute atomic E-state index is 0.0703. The van der Waals surface area contributed by atoms with Crippen LogP contribution in [0.3, 0.4) is 0 Å². The number of hydrogen-bond donors (Lipinski definition) is 3. The van der Waals surface area contributed by atoms with Crippen LogP contribution in [-0.4, -0.2) is 14.4 Å². The van der Waals surface area contributed by atoms with E-state index in [0.717, 1.165) is 5.56 Å². The molecule has 3 rings (SSSR count). The van der Waals surface area contributed by atoms with Gasteiger partial charge < -0.3 is 10.6 Å². The molecule has 8 heteroatoms. The van der Waals surface area contributed by atoms with E-state index < -0.39 is 16.1 Å². The summed E-state index contributed by atoms with van der Waals surface area (Å²) in [5.41, 5.74) is 2.28. The largest absolute Gasteiger partial charge is 0.323 e. The number of benzene rings is 3. The molecule has 3 aromatic rings. The molecule has 0 bridgehead atoms. The number of amides is 2. The lowest BCUT2D eigenvalue weighted by Gasteiger charge is -2.12. The zero-order chi connectivity index (χ0) is 20.1. The van der Waals surface area contributed by atoms with Gasteiger partial charge in [-0.2, -0.15) is 0 Å². The van der Waals surface area contributed by atoms with Crippen molar-refractivity contribution in [3.63, 3.8) is 0 Å². The zero-order valence-corrected chi connectivity index (χ0v) is 16.5. The van der Waals surface area contributed by atoms with Crippen molar-refractivity contribution in [2.45, 2.75) is 11.8 Å². The number of halogens is 1. The molecule has 28 heavy (non-hydrogen) atoms. The van der Waals surface area contributed by atoms with Gasteiger partial charge in [-0.1, -0.05) is 35.9 Å². The van der Waals surface area contributed by atoms with Crippen LogP contribution >= 0.6 is 11.6 Å². The van der Waals surface area contributed by atoms with Gasteiger partial charge in [0.05, 0.1) is 10.6 Å². The second-order valence-corrected chi connectivity index (χ2v) is 8.15. The SMILES string of the molecule is Cc1ccc(Cl)cc1NS(=O)(=O)c1ccc(NC(=O)Nc2ccccc2)cc1. The lowest BCUT2D eigenvalue weighted by Crippen LogP contribution is -2.19. The quantitative estimate of drug-likeness (QED) is 0.542. The van der Waals surface area contributed by atoms with E-state index in [1.54, 1.807) is 37.3 Å². The molecule has 0 aliphatic carbocycles. The maximum absolute atomic E-state index is 12.6. The third-order valence-electron chi connectivity index (χ3n) is 3.90. The molecule has 3 aromatic carbocycles. The van der Waals surface area contributed by atoms with Crippen molar-refractivity contribution >= 4 is 44.7 Å². The van der Waals surface area contributed by atoms with E-state index in [0.29, 0.717) is 22.1 Å². The average molecular weight is 416 g/mol. The van der Waals surface area contributed by atoms with Gasteiger partial charge in [-0.3, -0.25) is 4.72 Å². The fourth-order valence-electron chi connectivity index (χ4n) is 2.44. The lowest BCUT2D eigenvalue weighted by atomic mass is 10.2. The van der Waals surface area contributed by atoms with Crippen LogP contribution < -0.4 is 15.4 Å². The minimum atomic E-state index is -3.78. The Balaban J connectivity index is 1.69. The maximum atomic E-state index is 12.6. The highest BCUT2D eigenvalue weighted by molar-refractivity contribution is 7.92. The normalized spacial score (nSPS) is 10.9. The summed E-state index contributed by atoms with van der Waals surface area (Å²) in [5.74, 6) is 0. The Morgan fingerprint density at radius 1 is 0.857 bits per heavy atom. The highest BCUT2D eigenvalue weighted by Gasteiger charge is 2.16. The Morgan fingerprint density at radius 3 is 2.11 bits per heavy atom. The number of urea groups is 1. The van der Waals surface area contributed by atoms with Crippen molar-refractivity contribution < 1.29 is 13.2 Å². The van der Waals surface area contributed by atoms with Crippen molar-refractivity contribution in [2.24, 2.45) is 0 Å². The number of hydrogen-bond acceptors (Lipinski definition) is 3. The monoisotopic (exact) mass is 415 g/mol. The third-order valence-corrected chi connectivity index (χ3v) is 5.51. The first-order chi connectivity index (χ1) is 13.3. The average Bonchev–Trinajstić information content (AvgIpc) is 2.66. The molecule has 6 nitrogen and oxygen atoms in total. The predicted octanol–water partition coefficient (Wildman–Crippen LogP) is 5.09. The Bertz CT molecular complexity index is 1090. The first kappa shape index (κ1) is 19.7. The minimum Gasteiger partial charge on any atom is -0.308 e. The van der Waals surface area contributed by atoms with Crippen LogP contribution in [0.25, 0.3) is 0 Å². The number of para-hydroxylation sites is 1. The van der Waals surface area contributed by atoms with Crippen molar-refractivity contribution in [1.29, 1.82) is 0 Å². The molecule has 0 radical (unpaired) electrons. The summed E-state index contributed by atoms with van der Waals surface area (Å²) in [6, 6.07) is 19.4. The summed E-state index contributed by atoms with van der Waals surface area (Å²) in [6.45, 7) is 1.78. The van der Waals surface area contributed by atoms with Crippen molar-refractivity contribution in [3.05, 3.63) is 83.4 Å². The third kappa shape index (κ3) is 5.03. The van der Waals surface area contributed by atoms with Gasteiger partial charge >= 0.3 is 6.03 Å². The topological polar surface area (TPSA) is 87.3 Å². The van der Waals surface area contributed by atoms with Crippen LogP contribution in [0.2, 0.25) is 5.02 Å². The van der Waals surface area contributed by atoms with Gasteiger partial charge in [0.1, 0.15) is 0 Å². The molecule has 0 saturated carbocycles. The van der Waals surface area contributed by atoms with Crippen LogP contribution in [0.5, 0.6) is 0 Å². The van der Waals surface area contributed by atoms with Gasteiger partial charge in [-0.25, -0.2) is 13.2 Å². The van der Waals surface area contributed by atoms with Gasteiger partial charge in [0.15, 0.2) is 0 Å². The molecule has 0 fully saturated rings. The Hall–Kier alpha value is -3.03. The molecule has 0 aliphatic heterocycles. The van der Waals surface area contributed by atoms with E-state index in [4.69, 9.17) is 11.6 Å². The van der Waals surface area contributed by atoms with Crippen LogP contribution in [0.4, 0.5) is 21.9 Å². The van der Waals surface area contributed by atoms with Crippen molar-refractivity contribution in [1.82, 2.24) is 0 Å².